The second-order valence-corrected chi connectivity index (χ2v) is 4.37. The van der Waals surface area contributed by atoms with Gasteiger partial charge in [0.25, 0.3) is 0 Å². The van der Waals surface area contributed by atoms with Crippen molar-refractivity contribution >= 4 is 23.6 Å². The molecule has 0 aromatic rings. The Balaban J connectivity index is 2.50. The lowest BCUT2D eigenvalue weighted by Gasteiger charge is -2.19. The van der Waals surface area contributed by atoms with E-state index in [1.807, 2.05) is 0 Å². The van der Waals surface area contributed by atoms with E-state index >= 15 is 0 Å². The van der Waals surface area contributed by atoms with Crippen LogP contribution < -0.4 is 10.6 Å². The number of rotatable bonds is 4. The second kappa shape index (κ2) is 5.34. The minimum Gasteiger partial charge on any atom is -0.480 e. The maximum atomic E-state index is 11.5. The van der Waals surface area contributed by atoms with E-state index in [9.17, 15) is 9.59 Å². The summed E-state index contributed by atoms with van der Waals surface area (Å²) in [6.07, 6.45) is -1.11. The Bertz CT molecular complexity index is 253. The highest BCUT2D eigenvalue weighted by Crippen LogP contribution is 2.09. The smallest absolute Gasteiger partial charge is 0.328 e. The Morgan fingerprint density at radius 2 is 2.27 bits per heavy atom. The molecule has 1 aliphatic rings. The number of hydrogen-bond acceptors (Lipinski definition) is 5. The maximum absolute atomic E-state index is 11.5. The summed E-state index contributed by atoms with van der Waals surface area (Å²) in [6.45, 7) is 1.33. The molecule has 1 heterocycles. The van der Waals surface area contributed by atoms with Crippen molar-refractivity contribution in [3.8, 4) is 0 Å². The van der Waals surface area contributed by atoms with Crippen LogP contribution in [0, 0.1) is 0 Å². The lowest BCUT2D eigenvalue weighted by Crippen LogP contribution is -2.53. The van der Waals surface area contributed by atoms with Crippen molar-refractivity contribution in [2.24, 2.45) is 0 Å². The van der Waals surface area contributed by atoms with Crippen LogP contribution in [0.3, 0.4) is 0 Å². The summed E-state index contributed by atoms with van der Waals surface area (Å²) >= 11 is 1.57. The lowest BCUT2D eigenvalue weighted by atomic mass is 10.1. The molecule has 6 nitrogen and oxygen atoms in total. The number of aliphatic hydroxyl groups is 1. The zero-order valence-corrected chi connectivity index (χ0v) is 9.08. The van der Waals surface area contributed by atoms with Gasteiger partial charge in [-0.15, -0.1) is 11.8 Å². The number of carboxylic acids is 1. The molecule has 1 aliphatic heterocycles. The molecule has 0 aliphatic carbocycles. The number of carbonyl (C=O) groups excluding carboxylic acids is 1. The van der Waals surface area contributed by atoms with Gasteiger partial charge in [0.2, 0.25) is 5.91 Å². The Kier molecular flexibility index (Phi) is 4.37. The van der Waals surface area contributed by atoms with E-state index in [1.165, 1.54) is 6.92 Å². The molecule has 1 rings (SSSR count). The monoisotopic (exact) mass is 234 g/mol. The van der Waals surface area contributed by atoms with E-state index in [4.69, 9.17) is 10.2 Å². The minimum atomic E-state index is -1.25. The van der Waals surface area contributed by atoms with Gasteiger partial charge in [-0.2, -0.15) is 0 Å². The van der Waals surface area contributed by atoms with Crippen molar-refractivity contribution in [2.45, 2.75) is 25.1 Å². The third kappa shape index (κ3) is 3.37. The topological polar surface area (TPSA) is 98.7 Å². The third-order valence-electron chi connectivity index (χ3n) is 2.08. The van der Waals surface area contributed by atoms with Gasteiger partial charge in [-0.3, -0.25) is 10.1 Å². The van der Waals surface area contributed by atoms with Crippen LogP contribution in [0.2, 0.25) is 0 Å². The largest absolute Gasteiger partial charge is 0.480 e. The quantitative estimate of drug-likeness (QED) is 0.477. The molecular weight excluding hydrogens is 220 g/mol. The highest BCUT2D eigenvalue weighted by atomic mass is 32.2. The van der Waals surface area contributed by atoms with Crippen LogP contribution in [-0.2, 0) is 9.59 Å². The number of aliphatic carboxylic acids is 1. The first-order valence-electron chi connectivity index (χ1n) is 4.54. The molecule has 7 heteroatoms. The molecular formula is C8H14N2O4S. The van der Waals surface area contributed by atoms with Gasteiger partial charge < -0.3 is 15.5 Å². The van der Waals surface area contributed by atoms with Crippen LogP contribution in [-0.4, -0.2) is 51.9 Å². The molecule has 0 spiro atoms. The van der Waals surface area contributed by atoms with Crippen molar-refractivity contribution in [1.29, 1.82) is 0 Å². The van der Waals surface area contributed by atoms with Crippen molar-refractivity contribution in [1.82, 2.24) is 10.6 Å². The molecule has 1 saturated heterocycles. The summed E-state index contributed by atoms with van der Waals surface area (Å²) in [5.41, 5.74) is 0. The minimum absolute atomic E-state index is 0.365. The Labute approximate surface area is 91.4 Å². The Hall–Kier alpha value is -0.790. The van der Waals surface area contributed by atoms with Gasteiger partial charge in [0.05, 0.1) is 12.1 Å². The summed E-state index contributed by atoms with van der Waals surface area (Å²) in [6, 6.07) is -1.61. The van der Waals surface area contributed by atoms with Crippen LogP contribution in [0.25, 0.3) is 0 Å². The normalized spacial score (nSPS) is 24.5. The number of hydrogen-bond donors (Lipinski definition) is 4. The maximum Gasteiger partial charge on any atom is 0.328 e. The lowest BCUT2D eigenvalue weighted by molar-refractivity contribution is -0.145. The standard InChI is InChI=1S/C8H14N2O4S/c1-4(11)6(8(13)14)10-7(12)5-2-15-3-9-5/h4-6,9,11H,2-3H2,1H3,(H,10,12)(H,13,14). The number of aliphatic hydroxyl groups excluding tert-OH is 1. The van der Waals surface area contributed by atoms with Gasteiger partial charge >= 0.3 is 5.97 Å². The number of carboxylic acid groups (broad SMARTS) is 1. The van der Waals surface area contributed by atoms with Crippen LogP contribution in [0.5, 0.6) is 0 Å². The van der Waals surface area contributed by atoms with E-state index < -0.39 is 18.1 Å². The first-order chi connectivity index (χ1) is 7.02. The zero-order chi connectivity index (χ0) is 11.4. The first kappa shape index (κ1) is 12.3. The number of carbonyl (C=O) groups is 2. The van der Waals surface area contributed by atoms with Gasteiger partial charge in [-0.1, -0.05) is 0 Å². The molecule has 15 heavy (non-hydrogen) atoms. The molecule has 1 fully saturated rings. The molecule has 3 unspecified atom stereocenters. The average molecular weight is 234 g/mol. The highest BCUT2D eigenvalue weighted by Gasteiger charge is 2.29. The summed E-state index contributed by atoms with van der Waals surface area (Å²) in [5, 5.41) is 23.1. The Morgan fingerprint density at radius 3 is 2.67 bits per heavy atom. The third-order valence-corrected chi connectivity index (χ3v) is 3.02. The van der Waals surface area contributed by atoms with Crippen molar-refractivity contribution in [3.63, 3.8) is 0 Å². The van der Waals surface area contributed by atoms with Gasteiger partial charge in [0.1, 0.15) is 0 Å². The van der Waals surface area contributed by atoms with Gasteiger partial charge in [-0.05, 0) is 6.92 Å². The van der Waals surface area contributed by atoms with Crippen molar-refractivity contribution in [2.75, 3.05) is 11.6 Å². The van der Waals surface area contributed by atoms with Crippen LogP contribution in [0.1, 0.15) is 6.92 Å². The molecule has 0 aromatic heterocycles. The molecule has 0 aromatic carbocycles. The van der Waals surface area contributed by atoms with Gasteiger partial charge in [-0.25, -0.2) is 4.79 Å². The Morgan fingerprint density at radius 1 is 1.60 bits per heavy atom. The zero-order valence-electron chi connectivity index (χ0n) is 8.27. The summed E-state index contributed by atoms with van der Waals surface area (Å²) in [4.78, 5) is 22.2. The summed E-state index contributed by atoms with van der Waals surface area (Å²) in [7, 11) is 0. The predicted molar refractivity (Wildman–Crippen MR) is 55.5 cm³/mol. The summed E-state index contributed by atoms with van der Waals surface area (Å²) < 4.78 is 0. The van der Waals surface area contributed by atoms with E-state index in [1.54, 1.807) is 11.8 Å². The number of nitrogens with one attached hydrogen (secondary N) is 2. The number of amides is 1. The van der Waals surface area contributed by atoms with Crippen molar-refractivity contribution < 1.29 is 19.8 Å². The molecule has 1 amide bonds. The first-order valence-corrected chi connectivity index (χ1v) is 5.70. The SMILES string of the molecule is CC(O)C(NC(=O)C1CSCN1)C(=O)O. The van der Waals surface area contributed by atoms with E-state index in [-0.39, 0.29) is 11.9 Å². The van der Waals surface area contributed by atoms with E-state index in [0.29, 0.717) is 11.6 Å². The highest BCUT2D eigenvalue weighted by molar-refractivity contribution is 7.99. The molecule has 0 radical (unpaired) electrons. The van der Waals surface area contributed by atoms with Gasteiger partial charge in [0.15, 0.2) is 6.04 Å². The summed E-state index contributed by atoms with van der Waals surface area (Å²) in [5.74, 6) is -0.306. The van der Waals surface area contributed by atoms with Crippen LogP contribution in [0.4, 0.5) is 0 Å². The van der Waals surface area contributed by atoms with Crippen molar-refractivity contribution in [3.05, 3.63) is 0 Å². The van der Waals surface area contributed by atoms with E-state index in [2.05, 4.69) is 10.6 Å². The van der Waals surface area contributed by atoms with Gasteiger partial charge in [0, 0.05) is 11.6 Å². The fraction of sp³-hybridized carbons (Fsp3) is 0.750. The van der Waals surface area contributed by atoms with Crippen LogP contribution in [0.15, 0.2) is 0 Å². The molecule has 3 atom stereocenters. The molecule has 0 saturated carbocycles. The van der Waals surface area contributed by atoms with E-state index in [0.717, 1.165) is 0 Å². The number of thioether (sulfide) groups is 1. The fourth-order valence-electron chi connectivity index (χ4n) is 1.21. The average Bonchev–Trinajstić information content (AvgIpc) is 2.65. The molecule has 4 N–H and O–H groups in total. The predicted octanol–water partition coefficient (Wildman–Crippen LogP) is -1.40. The fourth-order valence-corrected chi connectivity index (χ4v) is 2.15. The molecule has 86 valence electrons. The second-order valence-electron chi connectivity index (χ2n) is 3.34. The molecule has 0 bridgehead atoms. The van der Waals surface area contributed by atoms with Crippen LogP contribution >= 0.6 is 11.8 Å².